The van der Waals surface area contributed by atoms with Crippen LogP contribution in [0.2, 0.25) is 0 Å². The minimum absolute atomic E-state index is 0.00910. The molecule has 1 aliphatic carbocycles. The maximum Gasteiger partial charge on any atom is 0.118 e. The summed E-state index contributed by atoms with van der Waals surface area (Å²) in [7, 11) is 0. The number of phenolic OH excluding ortho intramolecular Hbond substituents is 2. The van der Waals surface area contributed by atoms with Crippen molar-refractivity contribution in [2.45, 2.75) is 120 Å². The van der Waals surface area contributed by atoms with Crippen LogP contribution in [0.5, 0.6) is 11.5 Å². The highest BCUT2D eigenvalue weighted by Crippen LogP contribution is 2.46. The van der Waals surface area contributed by atoms with Gasteiger partial charge in [-0.1, -0.05) is 112 Å². The average molecular weight is 445 g/mol. The van der Waals surface area contributed by atoms with E-state index in [2.05, 4.69) is 52.0 Å². The van der Waals surface area contributed by atoms with E-state index >= 15 is 0 Å². The number of rotatable bonds is 2. The summed E-state index contributed by atoms with van der Waals surface area (Å²) in [6.07, 6.45) is 8.48. The molecule has 2 heteroatoms. The van der Waals surface area contributed by atoms with E-state index in [4.69, 9.17) is 0 Å². The summed E-state index contributed by atoms with van der Waals surface area (Å²) in [5.41, 5.74) is 4.44. The lowest BCUT2D eigenvalue weighted by atomic mass is 9.65. The molecule has 2 aromatic carbocycles. The molecule has 1 fully saturated rings. The van der Waals surface area contributed by atoms with E-state index < -0.39 is 0 Å². The van der Waals surface area contributed by atoms with Gasteiger partial charge < -0.3 is 10.2 Å². The highest BCUT2D eigenvalue weighted by Gasteiger charge is 2.36. The molecule has 0 saturated heterocycles. The molecule has 3 rings (SSSR count). The third-order valence-corrected chi connectivity index (χ3v) is 5.21. The normalized spacial score (nSPS) is 13.4. The lowest BCUT2D eigenvalue weighted by molar-refractivity contribution is 0.344. The highest BCUT2D eigenvalue weighted by molar-refractivity contribution is 5.47. The van der Waals surface area contributed by atoms with Gasteiger partial charge in [-0.3, -0.25) is 0 Å². The highest BCUT2D eigenvalue weighted by atomic mass is 16.3. The molecule has 0 radical (unpaired) electrons. The van der Waals surface area contributed by atoms with E-state index in [0.29, 0.717) is 11.5 Å². The van der Waals surface area contributed by atoms with Crippen LogP contribution in [0.4, 0.5) is 0 Å². The first-order chi connectivity index (χ1) is 15.4. The van der Waals surface area contributed by atoms with Crippen molar-refractivity contribution >= 4 is 0 Å². The minimum Gasteiger partial charge on any atom is -0.508 e. The van der Waals surface area contributed by atoms with Crippen LogP contribution in [-0.2, 0) is 5.41 Å². The Hall–Kier alpha value is -1.96. The van der Waals surface area contributed by atoms with E-state index in [-0.39, 0.29) is 5.41 Å². The van der Waals surface area contributed by atoms with Crippen LogP contribution in [0.15, 0.2) is 36.4 Å². The Balaban J connectivity index is 0. The van der Waals surface area contributed by atoms with Gasteiger partial charge in [-0.05, 0) is 61.1 Å². The smallest absolute Gasteiger partial charge is 0.118 e. The minimum atomic E-state index is 0.00910. The predicted molar refractivity (Wildman–Crippen MR) is 144 cm³/mol. The molecular weight excluding hydrogens is 392 g/mol. The third kappa shape index (κ3) is 9.67. The second kappa shape index (κ2) is 18.6. The van der Waals surface area contributed by atoms with Gasteiger partial charge in [0.2, 0.25) is 0 Å². The Morgan fingerprint density at radius 2 is 0.938 bits per heavy atom. The predicted octanol–water partition coefficient (Wildman–Crippen LogP) is 9.85. The summed E-state index contributed by atoms with van der Waals surface area (Å²) in [4.78, 5) is 0. The molecule has 2 nitrogen and oxygen atoms in total. The van der Waals surface area contributed by atoms with Gasteiger partial charge in [-0.25, -0.2) is 0 Å². The van der Waals surface area contributed by atoms with Gasteiger partial charge in [0.05, 0.1) is 0 Å². The Bertz CT molecular complexity index is 657. The Labute approximate surface area is 200 Å². The maximum atomic E-state index is 9.84. The molecule has 2 aromatic rings. The van der Waals surface area contributed by atoms with E-state index in [9.17, 15) is 10.2 Å². The van der Waals surface area contributed by atoms with Gasteiger partial charge in [-0.15, -0.1) is 0 Å². The van der Waals surface area contributed by atoms with Crippen LogP contribution >= 0.6 is 0 Å². The van der Waals surface area contributed by atoms with Crippen molar-refractivity contribution in [3.63, 3.8) is 0 Å². The molecule has 184 valence electrons. The van der Waals surface area contributed by atoms with Crippen LogP contribution in [-0.4, -0.2) is 10.2 Å². The standard InChI is InChI=1S/C20H24O2.2C3H8.2C2H6/c1-14-12-16(6-8-18(14)21)20(10-4-3-5-11-20)17-7-9-19(22)15(2)13-17;2*1-3-2;2*1-2/h6-9,12-13,21-22H,3-5,10-11H2,1-2H3;2*3H2,1-2H3;2*1-2H3. The molecule has 0 atom stereocenters. The maximum absolute atomic E-state index is 9.84. The van der Waals surface area contributed by atoms with Gasteiger partial charge in [0.25, 0.3) is 0 Å². The van der Waals surface area contributed by atoms with Gasteiger partial charge in [0.15, 0.2) is 0 Å². The van der Waals surface area contributed by atoms with Crippen LogP contribution < -0.4 is 0 Å². The first kappa shape index (κ1) is 32.2. The van der Waals surface area contributed by atoms with Gasteiger partial charge >= 0.3 is 0 Å². The van der Waals surface area contributed by atoms with E-state index in [1.165, 1.54) is 43.2 Å². The average Bonchev–Trinajstić information content (AvgIpc) is 2.82. The van der Waals surface area contributed by atoms with Crippen LogP contribution in [0, 0.1) is 13.8 Å². The number of phenols is 2. The molecule has 32 heavy (non-hydrogen) atoms. The Morgan fingerprint density at radius 3 is 1.22 bits per heavy atom. The first-order valence-corrected chi connectivity index (χ1v) is 13.0. The van der Waals surface area contributed by atoms with Crippen molar-refractivity contribution in [2.75, 3.05) is 0 Å². The van der Waals surface area contributed by atoms with E-state index in [0.717, 1.165) is 24.0 Å². The summed E-state index contributed by atoms with van der Waals surface area (Å²) in [5, 5.41) is 19.7. The Morgan fingerprint density at radius 1 is 0.625 bits per heavy atom. The van der Waals surface area contributed by atoms with E-state index in [1.807, 2.05) is 53.7 Å². The summed E-state index contributed by atoms with van der Waals surface area (Å²) in [6.45, 7) is 20.4. The fourth-order valence-electron chi connectivity index (χ4n) is 3.81. The first-order valence-electron chi connectivity index (χ1n) is 13.0. The molecule has 1 saturated carbocycles. The summed E-state index contributed by atoms with van der Waals surface area (Å²) >= 11 is 0. The Kier molecular flexibility index (Phi) is 18.7. The van der Waals surface area contributed by atoms with Crippen molar-refractivity contribution < 1.29 is 10.2 Å². The fraction of sp³-hybridized carbons (Fsp3) is 0.600. The molecule has 0 aliphatic heterocycles. The molecule has 0 heterocycles. The number of hydrogen-bond acceptors (Lipinski definition) is 2. The van der Waals surface area contributed by atoms with Crippen molar-refractivity contribution in [1.29, 1.82) is 0 Å². The van der Waals surface area contributed by atoms with Crippen molar-refractivity contribution in [3.8, 4) is 11.5 Å². The second-order valence-electron chi connectivity index (χ2n) is 8.06. The summed E-state index contributed by atoms with van der Waals surface area (Å²) in [6, 6.07) is 12.0. The van der Waals surface area contributed by atoms with Crippen LogP contribution in [0.3, 0.4) is 0 Å². The zero-order valence-electron chi connectivity index (χ0n) is 22.8. The molecule has 0 unspecified atom stereocenters. The second-order valence-corrected chi connectivity index (χ2v) is 8.06. The molecule has 0 spiro atoms. The third-order valence-electron chi connectivity index (χ3n) is 5.21. The molecule has 1 aliphatic rings. The molecule has 0 bridgehead atoms. The topological polar surface area (TPSA) is 40.5 Å². The summed E-state index contributed by atoms with van der Waals surface area (Å²) < 4.78 is 0. The van der Waals surface area contributed by atoms with Crippen LogP contribution in [0.25, 0.3) is 0 Å². The quantitative estimate of drug-likeness (QED) is 0.484. The number of aromatic hydroxyl groups is 2. The van der Waals surface area contributed by atoms with Gasteiger partial charge in [0, 0.05) is 5.41 Å². The SMILES string of the molecule is CC.CC.CCC.CCC.Cc1cc(C2(c3ccc(O)c(C)c3)CCCCC2)ccc1O. The molecule has 0 amide bonds. The molecule has 2 N–H and O–H groups in total. The molecule has 0 aromatic heterocycles. The zero-order chi connectivity index (χ0) is 25.2. The van der Waals surface area contributed by atoms with E-state index in [1.54, 1.807) is 0 Å². The fourth-order valence-corrected chi connectivity index (χ4v) is 3.81. The summed E-state index contributed by atoms with van der Waals surface area (Å²) in [5.74, 6) is 0.716. The van der Waals surface area contributed by atoms with Crippen molar-refractivity contribution in [3.05, 3.63) is 58.7 Å². The molecular formula is C30H52O2. The van der Waals surface area contributed by atoms with Gasteiger partial charge in [-0.2, -0.15) is 0 Å². The monoisotopic (exact) mass is 444 g/mol. The van der Waals surface area contributed by atoms with Crippen molar-refractivity contribution in [2.24, 2.45) is 0 Å². The lowest BCUT2D eigenvalue weighted by Gasteiger charge is -2.39. The number of aryl methyl sites for hydroxylation is 2. The van der Waals surface area contributed by atoms with Gasteiger partial charge in [0.1, 0.15) is 11.5 Å². The lowest BCUT2D eigenvalue weighted by Crippen LogP contribution is -2.30. The van der Waals surface area contributed by atoms with Crippen LogP contribution in [0.1, 0.15) is 123 Å². The number of hydrogen-bond donors (Lipinski definition) is 2. The largest absolute Gasteiger partial charge is 0.508 e. The number of benzene rings is 2. The zero-order valence-corrected chi connectivity index (χ0v) is 22.8. The van der Waals surface area contributed by atoms with Crippen molar-refractivity contribution in [1.82, 2.24) is 0 Å².